The second-order valence-electron chi connectivity index (χ2n) is 4.47. The Morgan fingerprint density at radius 3 is 1.68 bits per heavy atom. The van der Waals surface area contributed by atoms with Gasteiger partial charge in [0.2, 0.25) is 0 Å². The molecule has 0 atom stereocenters. The SMILES string of the molecule is C=C(C)C(=O)O.CN1CCCCC1.OCC(O)CO. The van der Waals surface area contributed by atoms with Gasteiger partial charge in [0.15, 0.2) is 0 Å². The molecule has 1 rings (SSSR count). The van der Waals surface area contributed by atoms with Crippen molar-refractivity contribution in [3.05, 3.63) is 12.2 Å². The fraction of sp³-hybridized carbons (Fsp3) is 0.769. The summed E-state index contributed by atoms with van der Waals surface area (Å²) in [6.45, 7) is 6.51. The Morgan fingerprint density at radius 1 is 1.21 bits per heavy atom. The van der Waals surface area contributed by atoms with Gasteiger partial charge in [-0.3, -0.25) is 0 Å². The minimum Gasteiger partial charge on any atom is -0.478 e. The zero-order chi connectivity index (χ0) is 15.3. The van der Waals surface area contributed by atoms with Crippen LogP contribution in [0.1, 0.15) is 26.2 Å². The number of hydrogen-bond acceptors (Lipinski definition) is 5. The average molecular weight is 277 g/mol. The molecule has 6 heteroatoms. The molecule has 1 aliphatic heterocycles. The fourth-order valence-electron chi connectivity index (χ4n) is 1.11. The van der Waals surface area contributed by atoms with Crippen molar-refractivity contribution in [3.8, 4) is 0 Å². The minimum absolute atomic E-state index is 0.176. The highest BCUT2D eigenvalue weighted by Gasteiger charge is 2.02. The van der Waals surface area contributed by atoms with Crippen LogP contribution in [0.5, 0.6) is 0 Å². The van der Waals surface area contributed by atoms with E-state index >= 15 is 0 Å². The van der Waals surface area contributed by atoms with Crippen LogP contribution in [-0.4, -0.2) is 70.8 Å². The third kappa shape index (κ3) is 17.1. The molecule has 0 radical (unpaired) electrons. The molecule has 0 aromatic heterocycles. The monoisotopic (exact) mass is 277 g/mol. The summed E-state index contributed by atoms with van der Waals surface area (Å²) >= 11 is 0. The predicted octanol–water partition coefficient (Wildman–Crippen LogP) is 0.0811. The molecular formula is C13H27NO5. The quantitative estimate of drug-likeness (QED) is 0.545. The maximum absolute atomic E-state index is 9.60. The molecule has 0 aromatic rings. The van der Waals surface area contributed by atoms with Crippen molar-refractivity contribution in [3.63, 3.8) is 0 Å². The van der Waals surface area contributed by atoms with E-state index in [9.17, 15) is 4.79 Å². The summed E-state index contributed by atoms with van der Waals surface area (Å²) < 4.78 is 0. The topological polar surface area (TPSA) is 101 Å². The number of rotatable bonds is 3. The number of carboxylic acids is 1. The summed E-state index contributed by atoms with van der Waals surface area (Å²) in [7, 11) is 2.19. The maximum atomic E-state index is 9.60. The first-order valence-corrected chi connectivity index (χ1v) is 6.32. The van der Waals surface area contributed by atoms with Crippen LogP contribution in [0.25, 0.3) is 0 Å². The third-order valence-corrected chi connectivity index (χ3v) is 2.37. The average Bonchev–Trinajstić information content (AvgIpc) is 2.40. The van der Waals surface area contributed by atoms with Crippen molar-refractivity contribution < 1.29 is 25.2 Å². The smallest absolute Gasteiger partial charge is 0.330 e. The zero-order valence-electron chi connectivity index (χ0n) is 11.9. The number of aliphatic hydroxyl groups excluding tert-OH is 3. The van der Waals surface area contributed by atoms with Crippen LogP contribution >= 0.6 is 0 Å². The predicted molar refractivity (Wildman–Crippen MR) is 74.0 cm³/mol. The fourth-order valence-corrected chi connectivity index (χ4v) is 1.11. The van der Waals surface area contributed by atoms with Crippen LogP contribution in [0.15, 0.2) is 12.2 Å². The number of piperidine rings is 1. The number of aliphatic hydroxyl groups is 3. The van der Waals surface area contributed by atoms with Crippen molar-refractivity contribution >= 4 is 5.97 Å². The van der Waals surface area contributed by atoms with Gasteiger partial charge < -0.3 is 25.3 Å². The van der Waals surface area contributed by atoms with E-state index in [4.69, 9.17) is 20.4 Å². The first-order valence-electron chi connectivity index (χ1n) is 6.32. The summed E-state index contributed by atoms with van der Waals surface area (Å²) in [5.41, 5.74) is 0.176. The van der Waals surface area contributed by atoms with Gasteiger partial charge in [0.05, 0.1) is 13.2 Å². The summed E-state index contributed by atoms with van der Waals surface area (Å²) in [5.74, 6) is -0.935. The van der Waals surface area contributed by atoms with Gasteiger partial charge in [-0.05, 0) is 39.9 Å². The molecule has 1 aliphatic rings. The number of carboxylic acid groups (broad SMARTS) is 1. The molecule has 0 spiro atoms. The zero-order valence-corrected chi connectivity index (χ0v) is 11.9. The Labute approximate surface area is 115 Å². The van der Waals surface area contributed by atoms with E-state index in [0.29, 0.717) is 0 Å². The maximum Gasteiger partial charge on any atom is 0.330 e. The van der Waals surface area contributed by atoms with E-state index in [1.165, 1.54) is 39.3 Å². The lowest BCUT2D eigenvalue weighted by molar-refractivity contribution is -0.132. The molecule has 19 heavy (non-hydrogen) atoms. The van der Waals surface area contributed by atoms with Crippen LogP contribution in [0.4, 0.5) is 0 Å². The van der Waals surface area contributed by atoms with Gasteiger partial charge in [0.1, 0.15) is 6.10 Å². The highest BCUT2D eigenvalue weighted by molar-refractivity contribution is 5.84. The number of carbonyl (C=O) groups is 1. The molecular weight excluding hydrogens is 250 g/mol. The van der Waals surface area contributed by atoms with E-state index < -0.39 is 12.1 Å². The van der Waals surface area contributed by atoms with Gasteiger partial charge in [0, 0.05) is 5.57 Å². The highest BCUT2D eigenvalue weighted by atomic mass is 16.4. The van der Waals surface area contributed by atoms with E-state index in [1.54, 1.807) is 0 Å². The molecule has 0 amide bonds. The van der Waals surface area contributed by atoms with Crippen LogP contribution in [0.2, 0.25) is 0 Å². The third-order valence-electron chi connectivity index (χ3n) is 2.37. The summed E-state index contributed by atoms with van der Waals surface area (Å²) in [6.07, 6.45) is 3.32. The van der Waals surface area contributed by atoms with Crippen LogP contribution in [-0.2, 0) is 4.79 Å². The lowest BCUT2D eigenvalue weighted by Gasteiger charge is -2.20. The van der Waals surface area contributed by atoms with Gasteiger partial charge in [-0.2, -0.15) is 0 Å². The lowest BCUT2D eigenvalue weighted by Crippen LogP contribution is -2.24. The number of nitrogens with zero attached hydrogens (tertiary/aromatic N) is 1. The molecule has 0 unspecified atom stereocenters. The normalized spacial score (nSPS) is 14.8. The number of likely N-dealkylation sites (tertiary alicyclic amines) is 1. The Hall–Kier alpha value is -0.950. The van der Waals surface area contributed by atoms with Crippen LogP contribution in [0, 0.1) is 0 Å². The summed E-state index contributed by atoms with van der Waals surface area (Å²) in [5, 5.41) is 31.9. The number of hydrogen-bond donors (Lipinski definition) is 4. The van der Waals surface area contributed by atoms with Crippen molar-refractivity contribution in [2.24, 2.45) is 0 Å². The summed E-state index contributed by atoms with van der Waals surface area (Å²) in [6, 6.07) is 0. The Morgan fingerprint density at radius 2 is 1.58 bits per heavy atom. The van der Waals surface area contributed by atoms with Crippen LogP contribution in [0.3, 0.4) is 0 Å². The standard InChI is InChI=1S/C6H13N.C4H6O2.C3H8O3/c1-7-5-3-2-4-6-7;1-3(2)4(5)6;4-1-3(6)2-5/h2-6H2,1H3;1H2,2H3,(H,5,6);3-6H,1-2H2. The first-order chi connectivity index (χ1) is 8.84. The molecule has 0 bridgehead atoms. The number of aliphatic carboxylic acids is 1. The van der Waals surface area contributed by atoms with Crippen LogP contribution < -0.4 is 0 Å². The Bertz CT molecular complexity index is 223. The van der Waals surface area contributed by atoms with Gasteiger partial charge in [0.25, 0.3) is 0 Å². The lowest BCUT2D eigenvalue weighted by atomic mass is 10.1. The molecule has 0 saturated carbocycles. The van der Waals surface area contributed by atoms with E-state index in [-0.39, 0.29) is 18.8 Å². The van der Waals surface area contributed by atoms with E-state index in [0.717, 1.165) is 0 Å². The van der Waals surface area contributed by atoms with Crippen molar-refractivity contribution in [1.29, 1.82) is 0 Å². The second-order valence-corrected chi connectivity index (χ2v) is 4.47. The molecule has 4 N–H and O–H groups in total. The first kappa shape index (κ1) is 20.4. The van der Waals surface area contributed by atoms with Crippen molar-refractivity contribution in [2.45, 2.75) is 32.3 Å². The Balaban J connectivity index is 0. The van der Waals surface area contributed by atoms with Crippen molar-refractivity contribution in [2.75, 3.05) is 33.4 Å². The highest BCUT2D eigenvalue weighted by Crippen LogP contribution is 2.04. The van der Waals surface area contributed by atoms with Gasteiger partial charge >= 0.3 is 5.97 Å². The largest absolute Gasteiger partial charge is 0.478 e. The van der Waals surface area contributed by atoms with Gasteiger partial charge in [-0.1, -0.05) is 13.0 Å². The van der Waals surface area contributed by atoms with E-state index in [1.807, 2.05) is 0 Å². The molecule has 0 aliphatic carbocycles. The molecule has 0 aromatic carbocycles. The molecule has 1 heterocycles. The second kappa shape index (κ2) is 13.5. The van der Waals surface area contributed by atoms with Gasteiger partial charge in [-0.15, -0.1) is 0 Å². The van der Waals surface area contributed by atoms with Crippen molar-refractivity contribution in [1.82, 2.24) is 4.90 Å². The summed E-state index contributed by atoms with van der Waals surface area (Å²) in [4.78, 5) is 12.0. The van der Waals surface area contributed by atoms with E-state index in [2.05, 4.69) is 18.5 Å². The Kier molecular flexibility index (Phi) is 14.5. The molecule has 1 fully saturated rings. The molecule has 6 nitrogen and oxygen atoms in total. The molecule has 1 saturated heterocycles. The molecule has 114 valence electrons. The van der Waals surface area contributed by atoms with Gasteiger partial charge in [-0.25, -0.2) is 4.79 Å². The minimum atomic E-state index is -0.954.